The van der Waals surface area contributed by atoms with Gasteiger partial charge in [-0.15, -0.1) is 0 Å². The van der Waals surface area contributed by atoms with E-state index in [4.69, 9.17) is 21.1 Å². The van der Waals surface area contributed by atoms with Gasteiger partial charge in [-0.2, -0.15) is 0 Å². The fourth-order valence-electron chi connectivity index (χ4n) is 1.53. The molecule has 6 heteroatoms. The molecule has 0 heterocycles. The van der Waals surface area contributed by atoms with Crippen molar-refractivity contribution in [3.63, 3.8) is 0 Å². The highest BCUT2D eigenvalue weighted by molar-refractivity contribution is 6.32. The van der Waals surface area contributed by atoms with E-state index >= 15 is 0 Å². The molecule has 0 saturated carbocycles. The van der Waals surface area contributed by atoms with Crippen LogP contribution in [-0.2, 0) is 9.53 Å². The molecule has 0 atom stereocenters. The Kier molecular flexibility index (Phi) is 5.63. The van der Waals surface area contributed by atoms with Gasteiger partial charge in [0.1, 0.15) is 11.5 Å². The number of methoxy groups -OCH3 is 3. The van der Waals surface area contributed by atoms with Crippen LogP contribution < -0.4 is 9.47 Å². The lowest BCUT2D eigenvalue weighted by molar-refractivity contribution is -0.140. The third-order valence-electron chi connectivity index (χ3n) is 2.56. The van der Waals surface area contributed by atoms with Gasteiger partial charge >= 0.3 is 5.97 Å². The lowest BCUT2D eigenvalue weighted by Gasteiger charge is -2.11. The average molecular weight is 287 g/mol. The smallest absolute Gasteiger partial charge is 0.305 e. The van der Waals surface area contributed by atoms with Gasteiger partial charge in [0.05, 0.1) is 38.3 Å². The second-order valence-corrected chi connectivity index (χ2v) is 4.09. The van der Waals surface area contributed by atoms with E-state index in [2.05, 4.69) is 4.74 Å². The molecule has 0 aliphatic heterocycles. The van der Waals surface area contributed by atoms with E-state index in [0.717, 1.165) is 0 Å². The lowest BCUT2D eigenvalue weighted by atomic mass is 10.1. The predicted octanol–water partition coefficient (Wildman–Crippen LogP) is 2.49. The fourth-order valence-corrected chi connectivity index (χ4v) is 1.77. The van der Waals surface area contributed by atoms with Crippen LogP contribution in [-0.4, -0.2) is 33.1 Å². The van der Waals surface area contributed by atoms with Gasteiger partial charge in [0, 0.05) is 12.5 Å². The van der Waals surface area contributed by atoms with E-state index in [1.54, 1.807) is 0 Å². The monoisotopic (exact) mass is 286 g/mol. The number of hydrogen-bond donors (Lipinski definition) is 0. The average Bonchev–Trinajstić information content (AvgIpc) is 2.43. The molecule has 5 nitrogen and oxygen atoms in total. The number of hydrogen-bond acceptors (Lipinski definition) is 5. The Hall–Kier alpha value is -1.75. The van der Waals surface area contributed by atoms with Gasteiger partial charge in [0.2, 0.25) is 0 Å². The molecule has 0 radical (unpaired) electrons. The minimum atomic E-state index is -0.438. The van der Waals surface area contributed by atoms with Gasteiger partial charge in [0.15, 0.2) is 5.78 Å². The third kappa shape index (κ3) is 3.86. The zero-order chi connectivity index (χ0) is 14.4. The van der Waals surface area contributed by atoms with Crippen molar-refractivity contribution < 1.29 is 23.8 Å². The molecule has 1 aromatic carbocycles. The molecular formula is C13H15ClO5. The Balaban J connectivity index is 2.95. The van der Waals surface area contributed by atoms with Crippen LogP contribution in [0.3, 0.4) is 0 Å². The van der Waals surface area contributed by atoms with Crippen molar-refractivity contribution in [1.82, 2.24) is 0 Å². The Morgan fingerprint density at radius 3 is 2.21 bits per heavy atom. The first-order chi connectivity index (χ1) is 9.03. The maximum absolute atomic E-state index is 12.0. The van der Waals surface area contributed by atoms with Crippen molar-refractivity contribution in [3.05, 3.63) is 22.7 Å². The van der Waals surface area contributed by atoms with Crippen LogP contribution >= 0.6 is 11.6 Å². The van der Waals surface area contributed by atoms with E-state index in [1.807, 2.05) is 0 Å². The fraction of sp³-hybridized carbons (Fsp3) is 0.385. The van der Waals surface area contributed by atoms with Crippen molar-refractivity contribution in [2.75, 3.05) is 21.3 Å². The molecule has 1 aromatic rings. The molecule has 0 unspecified atom stereocenters. The molecular weight excluding hydrogens is 272 g/mol. The number of benzene rings is 1. The maximum atomic E-state index is 12.0. The van der Waals surface area contributed by atoms with Gasteiger partial charge in [-0.3, -0.25) is 9.59 Å². The van der Waals surface area contributed by atoms with Gasteiger partial charge in [-0.05, 0) is 6.07 Å². The molecule has 104 valence electrons. The van der Waals surface area contributed by atoms with Crippen LogP contribution in [0.5, 0.6) is 11.5 Å². The Morgan fingerprint density at radius 2 is 1.68 bits per heavy atom. The van der Waals surface area contributed by atoms with Crippen LogP contribution in [0.1, 0.15) is 23.2 Å². The van der Waals surface area contributed by atoms with Crippen molar-refractivity contribution in [2.24, 2.45) is 0 Å². The first-order valence-electron chi connectivity index (χ1n) is 5.55. The lowest BCUT2D eigenvalue weighted by Crippen LogP contribution is -2.07. The summed E-state index contributed by atoms with van der Waals surface area (Å²) in [5.74, 6) is 0.0953. The largest absolute Gasteiger partial charge is 0.496 e. The summed E-state index contributed by atoms with van der Waals surface area (Å²) in [5, 5.41) is 0.310. The van der Waals surface area contributed by atoms with Gasteiger partial charge in [-0.25, -0.2) is 0 Å². The number of esters is 1. The van der Waals surface area contributed by atoms with Gasteiger partial charge < -0.3 is 14.2 Å². The number of halogens is 1. The zero-order valence-corrected chi connectivity index (χ0v) is 11.7. The molecule has 0 saturated heterocycles. The highest BCUT2D eigenvalue weighted by Gasteiger charge is 2.17. The summed E-state index contributed by atoms with van der Waals surface area (Å²) in [6.45, 7) is 0. The first-order valence-corrected chi connectivity index (χ1v) is 5.92. The van der Waals surface area contributed by atoms with Gasteiger partial charge in [0.25, 0.3) is 0 Å². The number of Topliss-reactive ketones (excluding diaryl/α,β-unsaturated/α-hetero) is 1. The molecule has 1 rings (SSSR count). The highest BCUT2D eigenvalue weighted by Crippen LogP contribution is 2.33. The SMILES string of the molecule is COC(=O)CCC(=O)c1cc(Cl)c(OC)cc1OC. The number of carbonyl (C=O) groups is 2. The van der Waals surface area contributed by atoms with Crippen LogP contribution in [0.25, 0.3) is 0 Å². The Morgan fingerprint density at radius 1 is 1.05 bits per heavy atom. The number of ketones is 1. The van der Waals surface area contributed by atoms with E-state index in [1.165, 1.54) is 33.5 Å². The van der Waals surface area contributed by atoms with E-state index < -0.39 is 5.97 Å². The predicted molar refractivity (Wildman–Crippen MR) is 70.1 cm³/mol. The van der Waals surface area contributed by atoms with Crippen molar-refractivity contribution in [1.29, 1.82) is 0 Å². The number of rotatable bonds is 6. The number of ether oxygens (including phenoxy) is 3. The van der Waals surface area contributed by atoms with E-state index in [0.29, 0.717) is 22.1 Å². The Bertz CT molecular complexity index is 484. The molecule has 0 aliphatic rings. The maximum Gasteiger partial charge on any atom is 0.305 e. The summed E-state index contributed by atoms with van der Waals surface area (Å²) >= 11 is 5.97. The standard InChI is InChI=1S/C13H15ClO5/c1-17-11-7-12(18-2)9(14)6-8(11)10(15)4-5-13(16)19-3/h6-7H,4-5H2,1-3H3. The van der Waals surface area contributed by atoms with Crippen LogP contribution in [0.2, 0.25) is 5.02 Å². The topological polar surface area (TPSA) is 61.8 Å². The highest BCUT2D eigenvalue weighted by atomic mass is 35.5. The second-order valence-electron chi connectivity index (χ2n) is 3.69. The Labute approximate surface area is 116 Å². The summed E-state index contributed by atoms with van der Waals surface area (Å²) < 4.78 is 14.6. The molecule has 0 spiro atoms. The second kappa shape index (κ2) is 6.99. The molecule has 0 aromatic heterocycles. The molecule has 0 bridgehead atoms. The van der Waals surface area contributed by atoms with Crippen molar-refractivity contribution in [2.45, 2.75) is 12.8 Å². The van der Waals surface area contributed by atoms with Crippen LogP contribution in [0.4, 0.5) is 0 Å². The van der Waals surface area contributed by atoms with Crippen LogP contribution in [0.15, 0.2) is 12.1 Å². The normalized spacial score (nSPS) is 9.89. The van der Waals surface area contributed by atoms with Crippen molar-refractivity contribution >= 4 is 23.4 Å². The molecule has 0 aliphatic carbocycles. The van der Waals surface area contributed by atoms with Crippen molar-refractivity contribution in [3.8, 4) is 11.5 Å². The summed E-state index contributed by atoms with van der Waals surface area (Å²) in [7, 11) is 4.19. The van der Waals surface area contributed by atoms with Gasteiger partial charge in [-0.1, -0.05) is 11.6 Å². The minimum absolute atomic E-state index is 0.0160. The minimum Gasteiger partial charge on any atom is -0.496 e. The number of carbonyl (C=O) groups excluding carboxylic acids is 2. The van der Waals surface area contributed by atoms with E-state index in [-0.39, 0.29) is 18.6 Å². The third-order valence-corrected chi connectivity index (χ3v) is 2.85. The summed E-state index contributed by atoms with van der Waals surface area (Å²) in [5.41, 5.74) is 0.317. The molecule has 0 fully saturated rings. The first kappa shape index (κ1) is 15.3. The van der Waals surface area contributed by atoms with Crippen LogP contribution in [0, 0.1) is 0 Å². The summed E-state index contributed by atoms with van der Waals surface area (Å²) in [6.07, 6.45) is 0.0494. The summed E-state index contributed by atoms with van der Waals surface area (Å²) in [4.78, 5) is 23.0. The summed E-state index contributed by atoms with van der Waals surface area (Å²) in [6, 6.07) is 3.01. The quantitative estimate of drug-likeness (QED) is 0.594. The van der Waals surface area contributed by atoms with E-state index in [9.17, 15) is 9.59 Å². The molecule has 0 N–H and O–H groups in total. The molecule has 19 heavy (non-hydrogen) atoms. The zero-order valence-electron chi connectivity index (χ0n) is 11.0. The molecule has 0 amide bonds.